The molecule has 79 heavy (non-hydrogen) atoms. The lowest BCUT2D eigenvalue weighted by molar-refractivity contribution is -0.167. The number of carbonyl (C=O) groups is 3. The maximum atomic E-state index is 12.9. The summed E-state index contributed by atoms with van der Waals surface area (Å²) < 4.78 is 16.9. The van der Waals surface area contributed by atoms with E-state index in [2.05, 4.69) is 130 Å². The molecule has 452 valence electrons. The van der Waals surface area contributed by atoms with Crippen molar-refractivity contribution >= 4 is 17.9 Å². The summed E-state index contributed by atoms with van der Waals surface area (Å²) in [7, 11) is 0. The molecule has 0 aromatic heterocycles. The lowest BCUT2D eigenvalue weighted by Crippen LogP contribution is -2.30. The molecule has 0 rings (SSSR count). The Bertz CT molecular complexity index is 1590. The monoisotopic (exact) mass is 1100 g/mol. The summed E-state index contributed by atoms with van der Waals surface area (Å²) >= 11 is 0. The van der Waals surface area contributed by atoms with E-state index < -0.39 is 6.10 Å². The summed E-state index contributed by atoms with van der Waals surface area (Å²) in [5.74, 6) is -0.906. The number of unbranched alkanes of at least 4 members (excludes halogenated alkanes) is 31. The Morgan fingerprint density at radius 2 is 0.494 bits per heavy atom. The van der Waals surface area contributed by atoms with Gasteiger partial charge in [-0.1, -0.05) is 278 Å². The molecule has 0 saturated carbocycles. The first kappa shape index (κ1) is 75.1. The Morgan fingerprint density at radius 3 is 0.785 bits per heavy atom. The summed E-state index contributed by atoms with van der Waals surface area (Å²) in [6.45, 7) is 6.51. The van der Waals surface area contributed by atoms with Gasteiger partial charge in [0.1, 0.15) is 13.2 Å². The van der Waals surface area contributed by atoms with Crippen molar-refractivity contribution in [1.29, 1.82) is 0 Å². The van der Waals surface area contributed by atoms with Crippen molar-refractivity contribution in [1.82, 2.24) is 0 Å². The Kier molecular flexibility index (Phi) is 63.3. The van der Waals surface area contributed by atoms with Crippen molar-refractivity contribution in [2.45, 2.75) is 322 Å². The fourth-order valence-corrected chi connectivity index (χ4v) is 9.24. The zero-order valence-electron chi connectivity index (χ0n) is 51.9. The fraction of sp³-hybridized carbons (Fsp3) is 0.712. The maximum Gasteiger partial charge on any atom is 0.306 e. The smallest absolute Gasteiger partial charge is 0.306 e. The Labute approximate surface area is 489 Å². The Balaban J connectivity index is 4.41. The van der Waals surface area contributed by atoms with Crippen molar-refractivity contribution in [2.24, 2.45) is 0 Å². The lowest BCUT2D eigenvalue weighted by Gasteiger charge is -2.18. The van der Waals surface area contributed by atoms with Gasteiger partial charge in [0.05, 0.1) is 0 Å². The van der Waals surface area contributed by atoms with Crippen molar-refractivity contribution in [2.75, 3.05) is 13.2 Å². The van der Waals surface area contributed by atoms with E-state index in [-0.39, 0.29) is 31.1 Å². The van der Waals surface area contributed by atoms with Crippen LogP contribution in [0.2, 0.25) is 0 Å². The van der Waals surface area contributed by atoms with Gasteiger partial charge in [-0.2, -0.15) is 0 Å². The normalized spacial score (nSPS) is 12.8. The van der Waals surface area contributed by atoms with Gasteiger partial charge in [-0.3, -0.25) is 14.4 Å². The highest BCUT2D eigenvalue weighted by molar-refractivity contribution is 5.71. The lowest BCUT2D eigenvalue weighted by atomic mass is 10.1. The van der Waals surface area contributed by atoms with Crippen LogP contribution < -0.4 is 0 Å². The molecular weight excluding hydrogens is 973 g/mol. The van der Waals surface area contributed by atoms with Crippen LogP contribution in [0.1, 0.15) is 316 Å². The van der Waals surface area contributed by atoms with Gasteiger partial charge in [0.25, 0.3) is 0 Å². The summed E-state index contributed by atoms with van der Waals surface area (Å²) in [4.78, 5) is 38.4. The number of hydrogen-bond donors (Lipinski definition) is 0. The number of carbonyl (C=O) groups excluding carboxylic acids is 3. The van der Waals surface area contributed by atoms with Gasteiger partial charge in [-0.25, -0.2) is 0 Å². The Morgan fingerprint density at radius 1 is 0.266 bits per heavy atom. The molecule has 1 atom stereocenters. The molecule has 0 aliphatic carbocycles. The highest BCUT2D eigenvalue weighted by atomic mass is 16.6. The van der Waals surface area contributed by atoms with Gasteiger partial charge in [-0.05, 0) is 128 Å². The van der Waals surface area contributed by atoms with E-state index >= 15 is 0 Å². The van der Waals surface area contributed by atoms with Gasteiger partial charge < -0.3 is 14.2 Å². The molecule has 0 aliphatic heterocycles. The van der Waals surface area contributed by atoms with E-state index in [0.29, 0.717) is 19.3 Å². The summed E-state index contributed by atoms with van der Waals surface area (Å²) in [6.07, 6.45) is 90.9. The largest absolute Gasteiger partial charge is 0.462 e. The van der Waals surface area contributed by atoms with E-state index in [4.69, 9.17) is 14.2 Å². The predicted molar refractivity (Wildman–Crippen MR) is 343 cm³/mol. The van der Waals surface area contributed by atoms with Crippen molar-refractivity contribution in [3.8, 4) is 0 Å². The summed E-state index contributed by atoms with van der Waals surface area (Å²) in [5.41, 5.74) is 0. The number of ether oxygens (including phenoxy) is 3. The second kappa shape index (κ2) is 66.6. The standard InChI is InChI=1S/C73H124O6/c1-4-7-10-13-16-19-22-25-28-30-32-34-36-38-40-42-45-48-51-54-57-60-63-66-72(75)78-69-70(68-77-71(74)65-62-59-56-53-50-47-44-27-24-21-18-15-12-9-6-3)79-73(76)67-64-61-58-55-52-49-46-43-41-39-37-35-33-31-29-26-23-20-17-14-11-8-5-2/h7,10,16,19,23,25-28,31-34,37-40,44,70H,4-6,8-9,11-15,17-18,20-22,24,29-30,35-36,41-43,45-69H2,1-3H3/b10-7-,19-16-,26-23-,28-25-,33-31-,34-32-,39-37-,40-38-,44-27-. The van der Waals surface area contributed by atoms with Gasteiger partial charge in [0.2, 0.25) is 0 Å². The first-order chi connectivity index (χ1) is 39.0. The van der Waals surface area contributed by atoms with E-state index in [9.17, 15) is 14.4 Å². The zero-order chi connectivity index (χ0) is 57.1. The van der Waals surface area contributed by atoms with Gasteiger partial charge in [0, 0.05) is 19.3 Å². The van der Waals surface area contributed by atoms with Crippen LogP contribution in [-0.4, -0.2) is 37.2 Å². The van der Waals surface area contributed by atoms with Crippen molar-refractivity contribution in [3.63, 3.8) is 0 Å². The van der Waals surface area contributed by atoms with E-state index in [1.54, 1.807) is 0 Å². The highest BCUT2D eigenvalue weighted by Gasteiger charge is 2.19. The SMILES string of the molecule is CC/C=C\C/C=C\C/C=C\C/C=C\C/C=C\CCCCCCCCCC(=O)OCC(COC(=O)CCCCCCC/C=C\CCCCCCCC)OC(=O)CCCCCCCCCC/C=C\C/C=C\C/C=C\CCCCCCC. The molecule has 0 spiro atoms. The highest BCUT2D eigenvalue weighted by Crippen LogP contribution is 2.16. The quantitative estimate of drug-likeness (QED) is 0.0261. The van der Waals surface area contributed by atoms with E-state index in [1.807, 2.05) is 0 Å². The first-order valence-electron chi connectivity index (χ1n) is 33.4. The van der Waals surface area contributed by atoms with Crippen LogP contribution in [0.3, 0.4) is 0 Å². The minimum Gasteiger partial charge on any atom is -0.462 e. The third-order valence-electron chi connectivity index (χ3n) is 14.2. The second-order valence-electron chi connectivity index (χ2n) is 22.0. The third kappa shape index (κ3) is 64.8. The molecular formula is C73H124O6. The molecule has 6 heteroatoms. The van der Waals surface area contributed by atoms with Crippen LogP contribution >= 0.6 is 0 Å². The van der Waals surface area contributed by atoms with E-state index in [0.717, 1.165) is 122 Å². The topological polar surface area (TPSA) is 78.9 Å². The Hall–Kier alpha value is -3.93. The molecule has 1 unspecified atom stereocenters. The molecule has 0 bridgehead atoms. The predicted octanol–water partition coefficient (Wildman–Crippen LogP) is 23.0. The minimum absolute atomic E-state index is 0.0892. The average Bonchev–Trinajstić information content (AvgIpc) is 3.45. The second-order valence-corrected chi connectivity index (χ2v) is 22.0. The molecule has 0 heterocycles. The molecule has 0 saturated heterocycles. The van der Waals surface area contributed by atoms with Crippen LogP contribution in [0.4, 0.5) is 0 Å². The number of esters is 3. The molecule has 0 amide bonds. The maximum absolute atomic E-state index is 12.9. The van der Waals surface area contributed by atoms with Crippen LogP contribution in [-0.2, 0) is 28.6 Å². The number of hydrogen-bond acceptors (Lipinski definition) is 6. The number of rotatable bonds is 60. The van der Waals surface area contributed by atoms with Crippen LogP contribution in [0.15, 0.2) is 109 Å². The van der Waals surface area contributed by atoms with Crippen molar-refractivity contribution < 1.29 is 28.6 Å². The van der Waals surface area contributed by atoms with E-state index in [1.165, 1.54) is 154 Å². The minimum atomic E-state index is -0.794. The molecule has 0 aromatic rings. The molecule has 0 radical (unpaired) electrons. The molecule has 0 fully saturated rings. The molecule has 0 aliphatic rings. The molecule has 0 N–H and O–H groups in total. The van der Waals surface area contributed by atoms with Crippen LogP contribution in [0.25, 0.3) is 0 Å². The summed E-state index contributed by atoms with van der Waals surface area (Å²) in [5, 5.41) is 0. The zero-order valence-corrected chi connectivity index (χ0v) is 51.9. The van der Waals surface area contributed by atoms with Gasteiger partial charge in [-0.15, -0.1) is 0 Å². The number of allylic oxidation sites excluding steroid dienone is 18. The first-order valence-corrected chi connectivity index (χ1v) is 33.4. The van der Waals surface area contributed by atoms with Crippen molar-refractivity contribution in [3.05, 3.63) is 109 Å². The summed E-state index contributed by atoms with van der Waals surface area (Å²) in [6, 6.07) is 0. The fourth-order valence-electron chi connectivity index (χ4n) is 9.24. The van der Waals surface area contributed by atoms with Crippen LogP contribution in [0.5, 0.6) is 0 Å². The van der Waals surface area contributed by atoms with Gasteiger partial charge >= 0.3 is 17.9 Å². The average molecular weight is 1100 g/mol. The third-order valence-corrected chi connectivity index (χ3v) is 14.2. The van der Waals surface area contributed by atoms with Gasteiger partial charge in [0.15, 0.2) is 6.10 Å². The van der Waals surface area contributed by atoms with Crippen LogP contribution in [0, 0.1) is 0 Å². The molecule has 6 nitrogen and oxygen atoms in total. The molecule has 0 aromatic carbocycles.